The number of carbonyl (C=O) groups excluding carboxylic acids is 3. The molecular formula is C42H52N8O7. The van der Waals surface area contributed by atoms with Crippen LogP contribution in [-0.2, 0) is 32.3 Å². The minimum atomic E-state index is -1.13. The summed E-state index contributed by atoms with van der Waals surface area (Å²) in [4.78, 5) is 72.2. The van der Waals surface area contributed by atoms with Crippen molar-refractivity contribution in [3.8, 4) is 33.6 Å². The van der Waals surface area contributed by atoms with Gasteiger partial charge in [0.2, 0.25) is 11.8 Å². The summed E-state index contributed by atoms with van der Waals surface area (Å²) in [6, 6.07) is 10.6. The first-order chi connectivity index (χ1) is 27.4. The molecule has 2 aromatic carbocycles. The van der Waals surface area contributed by atoms with Crippen LogP contribution in [0.1, 0.15) is 88.2 Å². The van der Waals surface area contributed by atoms with E-state index in [9.17, 15) is 24.3 Å². The number of nitrogens with zero attached hydrogens (tertiary/aromatic N) is 5. The molecule has 302 valence electrons. The highest BCUT2D eigenvalue weighted by Gasteiger charge is 2.40. The molecule has 0 aliphatic carbocycles. The Bertz CT molecular complexity index is 2140. The second-order valence-electron chi connectivity index (χ2n) is 15.9. The van der Waals surface area contributed by atoms with Crippen LogP contribution < -0.4 is 5.32 Å². The summed E-state index contributed by atoms with van der Waals surface area (Å²) in [6.07, 6.45) is 5.05. The molecule has 0 radical (unpaired) electrons. The van der Waals surface area contributed by atoms with Gasteiger partial charge >= 0.3 is 12.2 Å². The minimum Gasteiger partial charge on any atom is -0.465 e. The number of likely N-dealkylation sites (tertiary alicyclic amines) is 2. The number of aromatic amines is 2. The molecule has 0 saturated carbocycles. The molecule has 4 atom stereocenters. The van der Waals surface area contributed by atoms with Crippen LogP contribution >= 0.6 is 0 Å². The number of alkyl carbamates (subject to hydrolysis) is 1. The van der Waals surface area contributed by atoms with Crippen molar-refractivity contribution in [2.75, 3.05) is 27.2 Å². The van der Waals surface area contributed by atoms with Crippen LogP contribution in [0, 0.1) is 11.8 Å². The van der Waals surface area contributed by atoms with Crippen LogP contribution in [0.15, 0.2) is 48.8 Å². The molecule has 57 heavy (non-hydrogen) atoms. The molecule has 4 amide bonds. The number of carbonyl (C=O) groups is 4. The Balaban J connectivity index is 1.08. The fraction of sp³-hybridized carbons (Fsp3) is 0.476. The van der Waals surface area contributed by atoms with E-state index in [0.29, 0.717) is 38.0 Å². The number of imidazole rings is 2. The second kappa shape index (κ2) is 16.4. The normalized spacial score (nSPS) is 18.9. The highest BCUT2D eigenvalue weighted by molar-refractivity contribution is 5.87. The van der Waals surface area contributed by atoms with Crippen molar-refractivity contribution in [3.63, 3.8) is 0 Å². The van der Waals surface area contributed by atoms with E-state index in [2.05, 4.69) is 51.7 Å². The van der Waals surface area contributed by atoms with Crippen molar-refractivity contribution in [3.05, 3.63) is 71.6 Å². The van der Waals surface area contributed by atoms with Gasteiger partial charge in [-0.1, -0.05) is 52.0 Å². The number of rotatable bonds is 10. The Morgan fingerprint density at radius 1 is 0.895 bits per heavy atom. The molecule has 4 N–H and O–H groups in total. The van der Waals surface area contributed by atoms with Gasteiger partial charge < -0.3 is 39.7 Å². The van der Waals surface area contributed by atoms with Crippen LogP contribution in [-0.4, -0.2) is 103 Å². The molecule has 7 rings (SSSR count). The topological polar surface area (TPSA) is 186 Å². The first kappa shape index (κ1) is 39.5. The van der Waals surface area contributed by atoms with E-state index in [1.54, 1.807) is 16.0 Å². The summed E-state index contributed by atoms with van der Waals surface area (Å²) in [7, 11) is 2.74. The standard InChI is InChI=1S/C42H52N8O7/c1-23(2)35(47-41(53)56-6)39(51)49-15-7-9-33(49)37-43-19-31(45-37)25-11-13-29-27(17-25)21-57-22-28-18-26(12-14-30(28)29)32-20-44-38(46-32)34-10-8-16-50(34)40(52)36(24(3)4)48(5)42(54)55/h11-14,17-20,23-24,33-36H,7-10,15-16,21-22H2,1-6H3,(H,43,45)(H,44,46)(H,47,53)(H,54,55)/t33?,34-,35-,36-/m0/s1. The quantitative estimate of drug-likeness (QED) is 0.139. The Labute approximate surface area is 332 Å². The number of amides is 4. The number of benzene rings is 2. The maximum atomic E-state index is 13.7. The Morgan fingerprint density at radius 3 is 2.12 bits per heavy atom. The van der Waals surface area contributed by atoms with Crippen LogP contribution in [0.25, 0.3) is 33.6 Å². The van der Waals surface area contributed by atoms with E-state index in [4.69, 9.17) is 19.4 Å². The van der Waals surface area contributed by atoms with Crippen LogP contribution in [0.5, 0.6) is 0 Å². The monoisotopic (exact) mass is 780 g/mol. The maximum absolute atomic E-state index is 13.7. The summed E-state index contributed by atoms with van der Waals surface area (Å²) in [5.41, 5.74) is 7.71. The Hall–Kier alpha value is -5.70. The molecule has 15 heteroatoms. The van der Waals surface area contributed by atoms with E-state index >= 15 is 0 Å². The number of fused-ring (bicyclic) bond motifs is 3. The van der Waals surface area contributed by atoms with Gasteiger partial charge in [-0.3, -0.25) is 14.5 Å². The second-order valence-corrected chi connectivity index (χ2v) is 15.9. The van der Waals surface area contributed by atoms with Crippen molar-refractivity contribution in [1.29, 1.82) is 0 Å². The van der Waals surface area contributed by atoms with E-state index in [-0.39, 0.29) is 35.7 Å². The van der Waals surface area contributed by atoms with Gasteiger partial charge in [0.05, 0.1) is 50.0 Å². The summed E-state index contributed by atoms with van der Waals surface area (Å²) in [6.45, 7) is 9.49. The van der Waals surface area contributed by atoms with Crippen molar-refractivity contribution >= 4 is 24.0 Å². The molecule has 3 aliphatic heterocycles. The van der Waals surface area contributed by atoms with Crippen molar-refractivity contribution in [1.82, 2.24) is 40.0 Å². The molecule has 3 aliphatic rings. The van der Waals surface area contributed by atoms with Gasteiger partial charge in [-0.15, -0.1) is 0 Å². The van der Waals surface area contributed by atoms with E-state index in [1.165, 1.54) is 14.2 Å². The number of hydrogen-bond donors (Lipinski definition) is 4. The smallest absolute Gasteiger partial charge is 0.407 e. The average Bonchev–Trinajstić information content (AvgIpc) is 4.02. The van der Waals surface area contributed by atoms with Crippen LogP contribution in [0.3, 0.4) is 0 Å². The van der Waals surface area contributed by atoms with Gasteiger partial charge in [-0.2, -0.15) is 0 Å². The Morgan fingerprint density at radius 2 is 1.51 bits per heavy atom. The predicted octanol–water partition coefficient (Wildman–Crippen LogP) is 6.51. The lowest BCUT2D eigenvalue weighted by molar-refractivity contribution is -0.138. The highest BCUT2D eigenvalue weighted by atomic mass is 16.5. The lowest BCUT2D eigenvalue weighted by Gasteiger charge is -2.33. The van der Waals surface area contributed by atoms with Gasteiger partial charge in [-0.25, -0.2) is 19.6 Å². The van der Waals surface area contributed by atoms with E-state index in [0.717, 1.165) is 75.4 Å². The largest absolute Gasteiger partial charge is 0.465 e. The average molecular weight is 781 g/mol. The first-order valence-electron chi connectivity index (χ1n) is 19.7. The lowest BCUT2D eigenvalue weighted by atomic mass is 9.93. The van der Waals surface area contributed by atoms with Crippen molar-refractivity contribution in [2.45, 2.75) is 90.8 Å². The third-order valence-corrected chi connectivity index (χ3v) is 11.5. The van der Waals surface area contributed by atoms with Gasteiger partial charge in [0.15, 0.2) is 0 Å². The van der Waals surface area contributed by atoms with Gasteiger partial charge in [0, 0.05) is 31.9 Å². The fourth-order valence-electron chi connectivity index (χ4n) is 8.55. The lowest BCUT2D eigenvalue weighted by Crippen LogP contribution is -2.51. The number of aromatic nitrogens is 4. The maximum Gasteiger partial charge on any atom is 0.407 e. The number of hydrogen-bond acceptors (Lipinski definition) is 8. The zero-order valence-corrected chi connectivity index (χ0v) is 33.4. The summed E-state index contributed by atoms with van der Waals surface area (Å²) in [5.74, 6) is 0.740. The third-order valence-electron chi connectivity index (χ3n) is 11.5. The van der Waals surface area contributed by atoms with E-state index in [1.807, 2.05) is 33.9 Å². The fourth-order valence-corrected chi connectivity index (χ4v) is 8.55. The van der Waals surface area contributed by atoms with Gasteiger partial charge in [-0.05, 0) is 77.5 Å². The molecule has 2 aromatic heterocycles. The minimum absolute atomic E-state index is 0.117. The van der Waals surface area contributed by atoms with Crippen molar-refractivity contribution < 1.29 is 33.8 Å². The summed E-state index contributed by atoms with van der Waals surface area (Å²) < 4.78 is 11.0. The first-order valence-corrected chi connectivity index (χ1v) is 19.7. The zero-order valence-electron chi connectivity index (χ0n) is 33.4. The number of H-pyrrole nitrogens is 2. The molecular weight excluding hydrogens is 729 g/mol. The van der Waals surface area contributed by atoms with Crippen LogP contribution in [0.2, 0.25) is 0 Å². The number of likely N-dealkylation sites (N-methyl/N-ethyl adjacent to an activating group) is 1. The predicted molar refractivity (Wildman–Crippen MR) is 211 cm³/mol. The molecule has 5 heterocycles. The molecule has 2 fully saturated rings. The van der Waals surface area contributed by atoms with Gasteiger partial charge in [0.25, 0.3) is 0 Å². The van der Waals surface area contributed by atoms with Gasteiger partial charge in [0.1, 0.15) is 23.7 Å². The third kappa shape index (κ3) is 7.85. The molecule has 0 spiro atoms. The molecule has 4 aromatic rings. The molecule has 1 unspecified atom stereocenters. The van der Waals surface area contributed by atoms with Crippen molar-refractivity contribution in [2.24, 2.45) is 11.8 Å². The Kier molecular flexibility index (Phi) is 11.4. The highest BCUT2D eigenvalue weighted by Crippen LogP contribution is 2.38. The number of methoxy groups -OCH3 is 1. The van der Waals surface area contributed by atoms with Crippen LogP contribution in [0.4, 0.5) is 9.59 Å². The summed E-state index contributed by atoms with van der Waals surface area (Å²) in [5, 5.41) is 12.3. The number of carboxylic acid groups (broad SMARTS) is 1. The number of nitrogens with one attached hydrogen (secondary N) is 3. The molecule has 0 bridgehead atoms. The van der Waals surface area contributed by atoms with E-state index < -0.39 is 24.3 Å². The number of ether oxygens (including phenoxy) is 2. The molecule has 15 nitrogen and oxygen atoms in total. The zero-order chi connectivity index (χ0) is 40.5. The SMILES string of the molecule is COC(=O)N[C@H](C(=O)N1CCCC1c1nc(-c2ccc3c(c2)COCc2cc(-c4cnc([C@@H]5CCCN5C(=O)[C@H](C(C)C)N(C)C(=O)O)[nH]4)ccc2-3)c[nH]1)C(C)C. The molecule has 2 saturated heterocycles. The summed E-state index contributed by atoms with van der Waals surface area (Å²) >= 11 is 0.